The molecule has 0 unspecified atom stereocenters. The summed E-state index contributed by atoms with van der Waals surface area (Å²) in [6.07, 6.45) is 3.22. The summed E-state index contributed by atoms with van der Waals surface area (Å²) in [4.78, 5) is 12.2. The summed E-state index contributed by atoms with van der Waals surface area (Å²) in [6, 6.07) is 11.2. The first-order valence-electron chi connectivity index (χ1n) is 8.99. The predicted molar refractivity (Wildman–Crippen MR) is 109 cm³/mol. The highest BCUT2D eigenvalue weighted by Gasteiger charge is 2.12. The van der Waals surface area contributed by atoms with Crippen molar-refractivity contribution in [1.29, 1.82) is 0 Å². The SMILES string of the molecule is COc1cc(/C=C/C(=O)NCc2ccccc2OC(C)C)cc(OC)c1OC. The van der Waals surface area contributed by atoms with E-state index in [4.69, 9.17) is 18.9 Å². The minimum Gasteiger partial charge on any atom is -0.493 e. The van der Waals surface area contributed by atoms with Gasteiger partial charge in [0.1, 0.15) is 5.75 Å². The number of hydrogen-bond donors (Lipinski definition) is 1. The fourth-order valence-corrected chi connectivity index (χ4v) is 2.63. The number of para-hydroxylation sites is 1. The molecular formula is C22H27NO5. The van der Waals surface area contributed by atoms with Crippen LogP contribution < -0.4 is 24.3 Å². The van der Waals surface area contributed by atoms with Crippen LogP contribution in [0.25, 0.3) is 6.08 Å². The number of benzene rings is 2. The fourth-order valence-electron chi connectivity index (χ4n) is 2.63. The van der Waals surface area contributed by atoms with Crippen molar-refractivity contribution in [2.75, 3.05) is 21.3 Å². The van der Waals surface area contributed by atoms with Gasteiger partial charge in [-0.05, 0) is 43.7 Å². The summed E-state index contributed by atoms with van der Waals surface area (Å²) in [5, 5.41) is 2.87. The Labute approximate surface area is 166 Å². The van der Waals surface area contributed by atoms with Crippen LogP contribution in [0, 0.1) is 0 Å². The molecule has 6 nitrogen and oxygen atoms in total. The molecular weight excluding hydrogens is 358 g/mol. The van der Waals surface area contributed by atoms with Gasteiger partial charge in [-0.1, -0.05) is 18.2 Å². The monoisotopic (exact) mass is 385 g/mol. The van der Waals surface area contributed by atoms with Crippen molar-refractivity contribution in [3.8, 4) is 23.0 Å². The molecule has 0 aliphatic rings. The van der Waals surface area contributed by atoms with Crippen LogP contribution in [0.1, 0.15) is 25.0 Å². The van der Waals surface area contributed by atoms with E-state index in [1.807, 2.05) is 38.1 Å². The van der Waals surface area contributed by atoms with E-state index in [-0.39, 0.29) is 12.0 Å². The van der Waals surface area contributed by atoms with Crippen molar-refractivity contribution in [3.63, 3.8) is 0 Å². The number of rotatable bonds is 9. The molecule has 1 amide bonds. The minimum absolute atomic E-state index is 0.0665. The number of amides is 1. The first kappa shape index (κ1) is 21.2. The zero-order valence-electron chi connectivity index (χ0n) is 16.9. The third-order valence-corrected chi connectivity index (χ3v) is 3.90. The zero-order chi connectivity index (χ0) is 20.5. The smallest absolute Gasteiger partial charge is 0.244 e. The quantitative estimate of drug-likeness (QED) is 0.665. The van der Waals surface area contributed by atoms with Gasteiger partial charge in [-0.15, -0.1) is 0 Å². The van der Waals surface area contributed by atoms with Crippen LogP contribution in [0.4, 0.5) is 0 Å². The lowest BCUT2D eigenvalue weighted by Crippen LogP contribution is -2.21. The van der Waals surface area contributed by atoms with Crippen LogP contribution in [0.5, 0.6) is 23.0 Å². The Hall–Kier alpha value is -3.15. The van der Waals surface area contributed by atoms with E-state index in [1.165, 1.54) is 6.08 Å². The Morgan fingerprint density at radius 2 is 1.64 bits per heavy atom. The molecule has 0 saturated heterocycles. The normalized spacial score (nSPS) is 10.8. The van der Waals surface area contributed by atoms with Gasteiger partial charge in [0.25, 0.3) is 0 Å². The van der Waals surface area contributed by atoms with Gasteiger partial charge in [0.05, 0.1) is 27.4 Å². The van der Waals surface area contributed by atoms with Gasteiger partial charge in [-0.2, -0.15) is 0 Å². The van der Waals surface area contributed by atoms with E-state index in [1.54, 1.807) is 39.5 Å². The molecule has 0 atom stereocenters. The molecule has 0 fully saturated rings. The average molecular weight is 385 g/mol. The Bertz CT molecular complexity index is 804. The average Bonchev–Trinajstić information content (AvgIpc) is 2.70. The molecule has 28 heavy (non-hydrogen) atoms. The van der Waals surface area contributed by atoms with Crippen LogP contribution in [-0.2, 0) is 11.3 Å². The highest BCUT2D eigenvalue weighted by Crippen LogP contribution is 2.38. The van der Waals surface area contributed by atoms with Gasteiger partial charge in [0, 0.05) is 18.2 Å². The van der Waals surface area contributed by atoms with Gasteiger partial charge >= 0.3 is 0 Å². The molecule has 0 saturated carbocycles. The molecule has 0 spiro atoms. The maximum atomic E-state index is 12.2. The Morgan fingerprint density at radius 1 is 1.00 bits per heavy atom. The van der Waals surface area contributed by atoms with E-state index in [2.05, 4.69) is 5.32 Å². The van der Waals surface area contributed by atoms with Gasteiger partial charge < -0.3 is 24.3 Å². The Balaban J connectivity index is 2.07. The van der Waals surface area contributed by atoms with Crippen molar-refractivity contribution in [2.45, 2.75) is 26.5 Å². The highest BCUT2D eigenvalue weighted by atomic mass is 16.5. The third-order valence-electron chi connectivity index (χ3n) is 3.90. The largest absolute Gasteiger partial charge is 0.493 e. The lowest BCUT2D eigenvalue weighted by atomic mass is 10.1. The van der Waals surface area contributed by atoms with Gasteiger partial charge in [-0.25, -0.2) is 0 Å². The molecule has 0 aromatic heterocycles. The molecule has 150 valence electrons. The number of carbonyl (C=O) groups excluding carboxylic acids is 1. The van der Waals surface area contributed by atoms with Crippen molar-refractivity contribution in [1.82, 2.24) is 5.32 Å². The fraction of sp³-hybridized carbons (Fsp3) is 0.318. The summed E-state index contributed by atoms with van der Waals surface area (Å²) >= 11 is 0. The number of carbonyl (C=O) groups is 1. The molecule has 0 aliphatic carbocycles. The van der Waals surface area contributed by atoms with Crippen LogP contribution in [-0.4, -0.2) is 33.3 Å². The van der Waals surface area contributed by atoms with E-state index in [0.29, 0.717) is 23.8 Å². The first-order valence-corrected chi connectivity index (χ1v) is 8.99. The second kappa shape index (κ2) is 10.3. The van der Waals surface area contributed by atoms with Gasteiger partial charge in [-0.3, -0.25) is 4.79 Å². The minimum atomic E-state index is -0.215. The van der Waals surface area contributed by atoms with Crippen LogP contribution in [0.3, 0.4) is 0 Å². The first-order chi connectivity index (χ1) is 13.5. The maximum absolute atomic E-state index is 12.2. The molecule has 0 heterocycles. The molecule has 0 radical (unpaired) electrons. The molecule has 0 aliphatic heterocycles. The van der Waals surface area contributed by atoms with Crippen molar-refractivity contribution in [3.05, 3.63) is 53.6 Å². The number of methoxy groups -OCH3 is 3. The summed E-state index contributed by atoms with van der Waals surface area (Å²) < 4.78 is 21.7. The second-order valence-corrected chi connectivity index (χ2v) is 6.28. The van der Waals surface area contributed by atoms with Crippen molar-refractivity contribution < 1.29 is 23.7 Å². The zero-order valence-corrected chi connectivity index (χ0v) is 16.9. The van der Waals surface area contributed by atoms with E-state index in [9.17, 15) is 4.79 Å². The highest BCUT2D eigenvalue weighted by molar-refractivity contribution is 5.91. The topological polar surface area (TPSA) is 66.0 Å². The molecule has 2 aromatic rings. The lowest BCUT2D eigenvalue weighted by Gasteiger charge is -2.14. The summed E-state index contributed by atoms with van der Waals surface area (Å²) in [6.45, 7) is 4.31. The van der Waals surface area contributed by atoms with Crippen LogP contribution in [0.2, 0.25) is 0 Å². The van der Waals surface area contributed by atoms with Crippen LogP contribution in [0.15, 0.2) is 42.5 Å². The maximum Gasteiger partial charge on any atom is 0.244 e. The number of nitrogens with one attached hydrogen (secondary N) is 1. The van der Waals surface area contributed by atoms with E-state index >= 15 is 0 Å². The molecule has 0 bridgehead atoms. The summed E-state index contributed by atoms with van der Waals surface area (Å²) in [7, 11) is 4.65. The summed E-state index contributed by atoms with van der Waals surface area (Å²) in [5.41, 5.74) is 1.68. The van der Waals surface area contributed by atoms with Gasteiger partial charge in [0.2, 0.25) is 11.7 Å². The molecule has 1 N–H and O–H groups in total. The number of hydrogen-bond acceptors (Lipinski definition) is 5. The van der Waals surface area contributed by atoms with Crippen molar-refractivity contribution >= 4 is 12.0 Å². The Morgan fingerprint density at radius 3 is 2.21 bits per heavy atom. The van der Waals surface area contributed by atoms with Gasteiger partial charge in [0.15, 0.2) is 11.5 Å². The standard InChI is InChI=1S/C22H27NO5/c1-15(2)28-18-9-7-6-8-17(18)14-23-21(24)11-10-16-12-19(25-3)22(27-5)20(13-16)26-4/h6-13,15H,14H2,1-5H3,(H,23,24)/b11-10+. The number of ether oxygens (including phenoxy) is 4. The molecule has 2 rings (SSSR count). The van der Waals surface area contributed by atoms with Crippen molar-refractivity contribution in [2.24, 2.45) is 0 Å². The van der Waals surface area contributed by atoms with E-state index < -0.39 is 0 Å². The Kier molecular flexibility index (Phi) is 7.75. The molecule has 6 heteroatoms. The van der Waals surface area contributed by atoms with Crippen LogP contribution >= 0.6 is 0 Å². The second-order valence-electron chi connectivity index (χ2n) is 6.28. The molecule has 2 aromatic carbocycles. The third kappa shape index (κ3) is 5.67. The van der Waals surface area contributed by atoms with E-state index in [0.717, 1.165) is 16.9 Å². The predicted octanol–water partition coefficient (Wildman–Crippen LogP) is 3.83. The lowest BCUT2D eigenvalue weighted by molar-refractivity contribution is -0.116. The summed E-state index contributed by atoms with van der Waals surface area (Å²) in [5.74, 6) is 2.12.